The first kappa shape index (κ1) is 15.5. The lowest BCUT2D eigenvalue weighted by atomic mass is 10.0. The van der Waals surface area contributed by atoms with Gasteiger partial charge >= 0.3 is 5.97 Å². The SMILES string of the molecule is CCOC(=O)C(c1ccccc1)N1CCCC1C(=O)NC. The molecule has 5 nitrogen and oxygen atoms in total. The van der Waals surface area contributed by atoms with Crippen molar-refractivity contribution in [2.45, 2.75) is 31.8 Å². The van der Waals surface area contributed by atoms with Gasteiger partial charge in [0.05, 0.1) is 12.6 Å². The fraction of sp³-hybridized carbons (Fsp3) is 0.500. The third kappa shape index (κ3) is 3.42. The molecular formula is C16H22N2O3. The summed E-state index contributed by atoms with van der Waals surface area (Å²) in [7, 11) is 1.63. The Hall–Kier alpha value is -1.88. The third-order valence-electron chi connectivity index (χ3n) is 3.80. The van der Waals surface area contributed by atoms with Crippen molar-refractivity contribution in [1.82, 2.24) is 10.2 Å². The monoisotopic (exact) mass is 290 g/mol. The smallest absolute Gasteiger partial charge is 0.328 e. The topological polar surface area (TPSA) is 58.6 Å². The Morgan fingerprint density at radius 3 is 2.71 bits per heavy atom. The molecule has 1 fully saturated rings. The summed E-state index contributed by atoms with van der Waals surface area (Å²) in [6, 6.07) is 8.72. The van der Waals surface area contributed by atoms with E-state index in [1.54, 1.807) is 14.0 Å². The van der Waals surface area contributed by atoms with Gasteiger partial charge in [-0.25, -0.2) is 4.79 Å². The zero-order chi connectivity index (χ0) is 15.2. The highest BCUT2D eigenvalue weighted by atomic mass is 16.5. The van der Waals surface area contributed by atoms with Crippen LogP contribution in [0.3, 0.4) is 0 Å². The minimum Gasteiger partial charge on any atom is -0.465 e. The number of rotatable bonds is 5. The molecule has 0 aliphatic carbocycles. The van der Waals surface area contributed by atoms with Crippen LogP contribution in [0.1, 0.15) is 31.4 Å². The van der Waals surface area contributed by atoms with Gasteiger partial charge in [-0.05, 0) is 25.3 Å². The lowest BCUT2D eigenvalue weighted by Crippen LogP contribution is -2.46. The van der Waals surface area contributed by atoms with Gasteiger partial charge in [0.15, 0.2) is 0 Å². The van der Waals surface area contributed by atoms with Crippen LogP contribution in [-0.2, 0) is 14.3 Å². The zero-order valence-corrected chi connectivity index (χ0v) is 12.5. The standard InChI is InChI=1S/C16H22N2O3/c1-3-21-16(20)14(12-8-5-4-6-9-12)18-11-7-10-13(18)15(19)17-2/h4-6,8-9,13-14H,3,7,10-11H2,1-2H3,(H,17,19). The van der Waals surface area contributed by atoms with Crippen LogP contribution in [0, 0.1) is 0 Å². The molecule has 21 heavy (non-hydrogen) atoms. The average Bonchev–Trinajstić information content (AvgIpc) is 2.97. The lowest BCUT2D eigenvalue weighted by molar-refractivity contribution is -0.151. The van der Waals surface area contributed by atoms with Gasteiger partial charge < -0.3 is 10.1 Å². The predicted molar refractivity (Wildman–Crippen MR) is 79.6 cm³/mol. The van der Waals surface area contributed by atoms with E-state index in [2.05, 4.69) is 5.32 Å². The van der Waals surface area contributed by atoms with E-state index < -0.39 is 6.04 Å². The number of likely N-dealkylation sites (N-methyl/N-ethyl adjacent to an activating group) is 1. The lowest BCUT2D eigenvalue weighted by Gasteiger charge is -2.30. The van der Waals surface area contributed by atoms with E-state index in [4.69, 9.17) is 4.74 Å². The van der Waals surface area contributed by atoms with Crippen molar-refractivity contribution in [2.24, 2.45) is 0 Å². The Morgan fingerprint density at radius 2 is 2.10 bits per heavy atom. The fourth-order valence-corrected chi connectivity index (χ4v) is 2.87. The summed E-state index contributed by atoms with van der Waals surface area (Å²) in [5, 5.41) is 2.68. The highest BCUT2D eigenvalue weighted by molar-refractivity contribution is 5.84. The van der Waals surface area contributed by atoms with Gasteiger partial charge in [0.25, 0.3) is 0 Å². The summed E-state index contributed by atoms with van der Waals surface area (Å²) in [6.07, 6.45) is 1.67. The molecule has 2 unspecified atom stereocenters. The molecule has 114 valence electrons. The van der Waals surface area contributed by atoms with Crippen LogP contribution in [0.4, 0.5) is 0 Å². The Bertz CT molecular complexity index is 490. The molecule has 1 heterocycles. The number of esters is 1. The largest absolute Gasteiger partial charge is 0.465 e. The van der Waals surface area contributed by atoms with Crippen molar-refractivity contribution in [3.63, 3.8) is 0 Å². The molecule has 0 saturated carbocycles. The van der Waals surface area contributed by atoms with Crippen molar-refractivity contribution < 1.29 is 14.3 Å². The Kier molecular flexibility index (Phi) is 5.33. The summed E-state index contributed by atoms with van der Waals surface area (Å²) in [5.41, 5.74) is 0.867. The van der Waals surface area contributed by atoms with E-state index in [-0.39, 0.29) is 17.9 Å². The first-order valence-corrected chi connectivity index (χ1v) is 7.38. The first-order chi connectivity index (χ1) is 10.2. The molecule has 2 rings (SSSR count). The number of nitrogens with zero attached hydrogens (tertiary/aromatic N) is 1. The van der Waals surface area contributed by atoms with E-state index >= 15 is 0 Å². The molecule has 1 aromatic rings. The molecule has 1 saturated heterocycles. The van der Waals surface area contributed by atoms with E-state index in [9.17, 15) is 9.59 Å². The molecule has 0 spiro atoms. The van der Waals surface area contributed by atoms with E-state index in [0.29, 0.717) is 6.61 Å². The van der Waals surface area contributed by atoms with Crippen LogP contribution in [0.2, 0.25) is 0 Å². The molecular weight excluding hydrogens is 268 g/mol. The third-order valence-corrected chi connectivity index (χ3v) is 3.80. The fourth-order valence-electron chi connectivity index (χ4n) is 2.87. The van der Waals surface area contributed by atoms with Gasteiger partial charge in [-0.15, -0.1) is 0 Å². The maximum absolute atomic E-state index is 12.4. The van der Waals surface area contributed by atoms with Crippen molar-refractivity contribution in [2.75, 3.05) is 20.2 Å². The zero-order valence-electron chi connectivity index (χ0n) is 12.5. The number of ether oxygens (including phenoxy) is 1. The predicted octanol–water partition coefficient (Wildman–Crippen LogP) is 1.50. The van der Waals surface area contributed by atoms with Crippen molar-refractivity contribution in [1.29, 1.82) is 0 Å². The summed E-state index contributed by atoms with van der Waals surface area (Å²) < 4.78 is 5.22. The highest BCUT2D eigenvalue weighted by Gasteiger charge is 2.39. The Labute approximate surface area is 125 Å². The molecule has 1 N–H and O–H groups in total. The molecule has 5 heteroatoms. The molecule has 0 bridgehead atoms. The number of nitrogens with one attached hydrogen (secondary N) is 1. The summed E-state index contributed by atoms with van der Waals surface area (Å²) in [4.78, 5) is 26.4. The van der Waals surface area contributed by atoms with Crippen LogP contribution in [0.25, 0.3) is 0 Å². The van der Waals surface area contributed by atoms with Gasteiger partial charge in [0, 0.05) is 13.6 Å². The Morgan fingerprint density at radius 1 is 1.38 bits per heavy atom. The molecule has 0 radical (unpaired) electrons. The second-order valence-electron chi connectivity index (χ2n) is 5.08. The number of likely N-dealkylation sites (tertiary alicyclic amines) is 1. The number of benzene rings is 1. The number of carbonyl (C=O) groups excluding carboxylic acids is 2. The van der Waals surface area contributed by atoms with Crippen LogP contribution in [0.15, 0.2) is 30.3 Å². The van der Waals surface area contributed by atoms with E-state index in [1.807, 2.05) is 35.2 Å². The number of hydrogen-bond acceptors (Lipinski definition) is 4. The quantitative estimate of drug-likeness (QED) is 0.835. The Balaban J connectivity index is 2.31. The summed E-state index contributed by atoms with van der Waals surface area (Å²) in [5.74, 6) is -0.336. The van der Waals surface area contributed by atoms with E-state index in [0.717, 1.165) is 24.9 Å². The summed E-state index contributed by atoms with van der Waals surface area (Å²) in [6.45, 7) is 2.84. The summed E-state index contributed by atoms with van der Waals surface area (Å²) >= 11 is 0. The van der Waals surface area contributed by atoms with Crippen LogP contribution >= 0.6 is 0 Å². The molecule has 2 atom stereocenters. The van der Waals surface area contributed by atoms with Gasteiger partial charge in [0.2, 0.25) is 5.91 Å². The van der Waals surface area contributed by atoms with Gasteiger partial charge in [-0.2, -0.15) is 0 Å². The second kappa shape index (κ2) is 7.22. The van der Waals surface area contributed by atoms with Crippen molar-refractivity contribution in [3.8, 4) is 0 Å². The van der Waals surface area contributed by atoms with Crippen molar-refractivity contribution in [3.05, 3.63) is 35.9 Å². The number of amides is 1. The normalized spacial score (nSPS) is 20.0. The average molecular weight is 290 g/mol. The van der Waals surface area contributed by atoms with Gasteiger partial charge in [0.1, 0.15) is 6.04 Å². The maximum atomic E-state index is 12.4. The highest BCUT2D eigenvalue weighted by Crippen LogP contribution is 2.30. The molecule has 1 aliphatic rings. The number of carbonyl (C=O) groups is 2. The molecule has 1 aliphatic heterocycles. The van der Waals surface area contributed by atoms with Crippen LogP contribution in [0.5, 0.6) is 0 Å². The molecule has 1 amide bonds. The molecule has 1 aromatic carbocycles. The van der Waals surface area contributed by atoms with Crippen LogP contribution < -0.4 is 5.32 Å². The van der Waals surface area contributed by atoms with Gasteiger partial charge in [-0.1, -0.05) is 30.3 Å². The molecule has 0 aromatic heterocycles. The second-order valence-corrected chi connectivity index (χ2v) is 5.08. The maximum Gasteiger partial charge on any atom is 0.328 e. The minimum absolute atomic E-state index is 0.0438. The number of hydrogen-bond donors (Lipinski definition) is 1. The van der Waals surface area contributed by atoms with Crippen LogP contribution in [-0.4, -0.2) is 43.0 Å². The van der Waals surface area contributed by atoms with E-state index in [1.165, 1.54) is 0 Å². The minimum atomic E-state index is -0.518. The van der Waals surface area contributed by atoms with Crippen molar-refractivity contribution >= 4 is 11.9 Å². The van der Waals surface area contributed by atoms with Gasteiger partial charge in [-0.3, -0.25) is 9.69 Å². The first-order valence-electron chi connectivity index (χ1n) is 7.38.